The van der Waals surface area contributed by atoms with E-state index in [1.807, 2.05) is 0 Å². The van der Waals surface area contributed by atoms with E-state index in [4.69, 9.17) is 4.74 Å². The number of hydrogen-bond acceptors (Lipinski definition) is 3. The Labute approximate surface area is 139 Å². The molecule has 24 heavy (non-hydrogen) atoms. The van der Waals surface area contributed by atoms with Gasteiger partial charge in [0, 0.05) is 18.7 Å². The first-order chi connectivity index (χ1) is 11.7. The highest BCUT2D eigenvalue weighted by atomic mass is 19.1. The van der Waals surface area contributed by atoms with Crippen LogP contribution in [0.2, 0.25) is 0 Å². The molecule has 0 bridgehead atoms. The standard InChI is InChI=1S/C18H17FN2O3/c19-14-3-1-13(2-4-14)11-24-17-7-5-16(6-8-17)21-10-15(20-12-22)9-18(21)23/h1-8,12,15H,9-11H2,(H,20,22). The maximum absolute atomic E-state index is 12.9. The van der Waals surface area contributed by atoms with Gasteiger partial charge >= 0.3 is 0 Å². The molecule has 2 aromatic carbocycles. The summed E-state index contributed by atoms with van der Waals surface area (Å²) < 4.78 is 18.5. The zero-order valence-corrected chi connectivity index (χ0v) is 12.9. The van der Waals surface area contributed by atoms with E-state index in [0.29, 0.717) is 31.7 Å². The number of amides is 2. The van der Waals surface area contributed by atoms with E-state index in [0.717, 1.165) is 11.3 Å². The van der Waals surface area contributed by atoms with Crippen molar-refractivity contribution in [1.82, 2.24) is 5.32 Å². The number of nitrogens with zero attached hydrogens (tertiary/aromatic N) is 1. The predicted octanol–water partition coefficient (Wildman–Crippen LogP) is 2.26. The average molecular weight is 328 g/mol. The number of carbonyl (C=O) groups excluding carboxylic acids is 2. The maximum atomic E-state index is 12.9. The number of anilines is 1. The molecule has 3 rings (SSSR count). The molecule has 0 aromatic heterocycles. The van der Waals surface area contributed by atoms with E-state index in [2.05, 4.69) is 5.32 Å². The van der Waals surface area contributed by atoms with Crippen LogP contribution in [-0.4, -0.2) is 24.9 Å². The second-order valence-corrected chi connectivity index (χ2v) is 5.60. The van der Waals surface area contributed by atoms with Gasteiger partial charge in [-0.3, -0.25) is 9.59 Å². The largest absolute Gasteiger partial charge is 0.489 e. The molecule has 1 saturated heterocycles. The SMILES string of the molecule is O=CNC1CC(=O)N(c2ccc(OCc3ccc(F)cc3)cc2)C1. The van der Waals surface area contributed by atoms with Gasteiger partial charge in [0.2, 0.25) is 12.3 Å². The molecule has 0 saturated carbocycles. The lowest BCUT2D eigenvalue weighted by molar-refractivity contribution is -0.117. The van der Waals surface area contributed by atoms with Crippen LogP contribution in [0, 0.1) is 5.82 Å². The summed E-state index contributed by atoms with van der Waals surface area (Å²) in [6.45, 7) is 0.807. The summed E-state index contributed by atoms with van der Waals surface area (Å²) in [6, 6.07) is 13.2. The first kappa shape index (κ1) is 16.0. The molecule has 0 aliphatic carbocycles. The van der Waals surface area contributed by atoms with Crippen LogP contribution in [0.1, 0.15) is 12.0 Å². The number of nitrogens with one attached hydrogen (secondary N) is 1. The zero-order valence-electron chi connectivity index (χ0n) is 12.9. The average Bonchev–Trinajstić information content (AvgIpc) is 2.96. The van der Waals surface area contributed by atoms with Crippen LogP contribution in [0.4, 0.5) is 10.1 Å². The van der Waals surface area contributed by atoms with E-state index in [1.165, 1.54) is 12.1 Å². The monoisotopic (exact) mass is 328 g/mol. The van der Waals surface area contributed by atoms with Crippen LogP contribution in [0.25, 0.3) is 0 Å². The molecule has 1 heterocycles. The minimum atomic E-state index is -0.277. The van der Waals surface area contributed by atoms with Crippen LogP contribution in [0.5, 0.6) is 5.75 Å². The van der Waals surface area contributed by atoms with E-state index in [1.54, 1.807) is 41.3 Å². The molecule has 1 aliphatic heterocycles. The lowest BCUT2D eigenvalue weighted by atomic mass is 10.2. The smallest absolute Gasteiger partial charge is 0.229 e. The Balaban J connectivity index is 1.60. The van der Waals surface area contributed by atoms with Gasteiger partial charge in [0.25, 0.3) is 0 Å². The summed E-state index contributed by atoms with van der Waals surface area (Å²) >= 11 is 0. The van der Waals surface area contributed by atoms with Gasteiger partial charge in [0.1, 0.15) is 18.2 Å². The number of carbonyl (C=O) groups is 2. The fourth-order valence-corrected chi connectivity index (χ4v) is 2.63. The summed E-state index contributed by atoms with van der Waals surface area (Å²) in [4.78, 5) is 24.1. The summed E-state index contributed by atoms with van der Waals surface area (Å²) in [5.74, 6) is 0.368. The Morgan fingerprint density at radius 1 is 1.17 bits per heavy atom. The van der Waals surface area contributed by atoms with Gasteiger partial charge in [-0.25, -0.2) is 4.39 Å². The molecular formula is C18H17FN2O3. The minimum Gasteiger partial charge on any atom is -0.489 e. The molecule has 2 aromatic rings. The van der Waals surface area contributed by atoms with Crippen molar-refractivity contribution in [2.24, 2.45) is 0 Å². The van der Waals surface area contributed by atoms with Crippen molar-refractivity contribution in [1.29, 1.82) is 0 Å². The van der Waals surface area contributed by atoms with E-state index in [9.17, 15) is 14.0 Å². The molecule has 5 nitrogen and oxygen atoms in total. The van der Waals surface area contributed by atoms with Gasteiger partial charge < -0.3 is 15.0 Å². The van der Waals surface area contributed by atoms with Crippen molar-refractivity contribution < 1.29 is 18.7 Å². The fourth-order valence-electron chi connectivity index (χ4n) is 2.63. The molecule has 0 spiro atoms. The molecule has 1 N–H and O–H groups in total. The third kappa shape index (κ3) is 3.71. The Bertz CT molecular complexity index is 716. The normalized spacial score (nSPS) is 17.0. The highest BCUT2D eigenvalue weighted by molar-refractivity contribution is 5.96. The molecule has 1 unspecified atom stereocenters. The van der Waals surface area contributed by atoms with Gasteiger partial charge in [0.15, 0.2) is 0 Å². The van der Waals surface area contributed by atoms with Crippen LogP contribution < -0.4 is 15.0 Å². The number of ether oxygens (including phenoxy) is 1. The predicted molar refractivity (Wildman–Crippen MR) is 87.1 cm³/mol. The maximum Gasteiger partial charge on any atom is 0.229 e. The summed E-state index contributed by atoms with van der Waals surface area (Å²) in [7, 11) is 0. The fraction of sp³-hybridized carbons (Fsp3) is 0.222. The van der Waals surface area contributed by atoms with Crippen LogP contribution in [-0.2, 0) is 16.2 Å². The van der Waals surface area contributed by atoms with E-state index < -0.39 is 0 Å². The van der Waals surface area contributed by atoms with E-state index >= 15 is 0 Å². The number of rotatable bonds is 6. The highest BCUT2D eigenvalue weighted by Gasteiger charge is 2.30. The van der Waals surface area contributed by atoms with Crippen molar-refractivity contribution in [2.45, 2.75) is 19.1 Å². The third-order valence-corrected chi connectivity index (χ3v) is 3.90. The zero-order chi connectivity index (χ0) is 16.9. The van der Waals surface area contributed by atoms with Crippen molar-refractivity contribution in [3.63, 3.8) is 0 Å². The Morgan fingerprint density at radius 3 is 2.54 bits per heavy atom. The number of halogens is 1. The van der Waals surface area contributed by atoms with Crippen molar-refractivity contribution in [2.75, 3.05) is 11.4 Å². The quantitative estimate of drug-likeness (QED) is 0.828. The number of hydrogen-bond donors (Lipinski definition) is 1. The molecule has 1 fully saturated rings. The number of benzene rings is 2. The van der Waals surface area contributed by atoms with Crippen LogP contribution in [0.3, 0.4) is 0 Å². The first-order valence-corrected chi connectivity index (χ1v) is 7.63. The van der Waals surface area contributed by atoms with Gasteiger partial charge in [-0.1, -0.05) is 12.1 Å². The van der Waals surface area contributed by atoms with Crippen molar-refractivity contribution in [3.05, 3.63) is 59.9 Å². The van der Waals surface area contributed by atoms with Crippen molar-refractivity contribution in [3.8, 4) is 5.75 Å². The van der Waals surface area contributed by atoms with Gasteiger partial charge in [-0.05, 0) is 42.0 Å². The molecule has 2 amide bonds. The lowest BCUT2D eigenvalue weighted by Crippen LogP contribution is -2.31. The molecule has 6 heteroatoms. The summed E-state index contributed by atoms with van der Waals surface area (Å²) in [6.07, 6.45) is 0.926. The second-order valence-electron chi connectivity index (χ2n) is 5.60. The molecule has 1 atom stereocenters. The molecule has 1 aliphatic rings. The third-order valence-electron chi connectivity index (χ3n) is 3.90. The topological polar surface area (TPSA) is 58.6 Å². The molecule has 124 valence electrons. The Kier molecular flexibility index (Phi) is 4.74. The molecular weight excluding hydrogens is 311 g/mol. The van der Waals surface area contributed by atoms with Gasteiger partial charge in [-0.2, -0.15) is 0 Å². The van der Waals surface area contributed by atoms with Crippen LogP contribution >= 0.6 is 0 Å². The highest BCUT2D eigenvalue weighted by Crippen LogP contribution is 2.24. The Hall–Kier alpha value is -2.89. The van der Waals surface area contributed by atoms with Gasteiger partial charge in [-0.15, -0.1) is 0 Å². The summed E-state index contributed by atoms with van der Waals surface area (Å²) in [5, 5.41) is 2.63. The van der Waals surface area contributed by atoms with Gasteiger partial charge in [0.05, 0.1) is 6.04 Å². The first-order valence-electron chi connectivity index (χ1n) is 7.63. The molecule has 0 radical (unpaired) electrons. The van der Waals surface area contributed by atoms with Crippen LogP contribution in [0.15, 0.2) is 48.5 Å². The summed E-state index contributed by atoms with van der Waals surface area (Å²) in [5.41, 5.74) is 1.64. The Morgan fingerprint density at radius 2 is 1.88 bits per heavy atom. The minimum absolute atomic E-state index is 0.0191. The second kappa shape index (κ2) is 7.12. The van der Waals surface area contributed by atoms with Crippen molar-refractivity contribution >= 4 is 18.0 Å². The van der Waals surface area contributed by atoms with E-state index in [-0.39, 0.29) is 17.8 Å². The lowest BCUT2D eigenvalue weighted by Gasteiger charge is -2.17.